The van der Waals surface area contributed by atoms with E-state index in [2.05, 4.69) is 5.32 Å². The second kappa shape index (κ2) is 7.65. The molecular formula is C15H19NO6. The van der Waals surface area contributed by atoms with Gasteiger partial charge in [-0.1, -0.05) is 18.2 Å². The maximum absolute atomic E-state index is 12.0. The molecule has 2 rings (SSSR count). The fourth-order valence-corrected chi connectivity index (χ4v) is 2.12. The molecular weight excluding hydrogens is 290 g/mol. The van der Waals surface area contributed by atoms with Crippen LogP contribution in [-0.2, 0) is 14.3 Å². The molecule has 1 aliphatic heterocycles. The van der Waals surface area contributed by atoms with Crippen molar-refractivity contribution in [2.45, 2.75) is 31.6 Å². The molecule has 0 saturated carbocycles. The van der Waals surface area contributed by atoms with Crippen LogP contribution < -0.4 is 10.1 Å². The lowest BCUT2D eigenvalue weighted by atomic mass is 10.1. The van der Waals surface area contributed by atoms with Gasteiger partial charge in [-0.15, -0.1) is 0 Å². The predicted octanol–water partition coefficient (Wildman–Crippen LogP) is 1.42. The van der Waals surface area contributed by atoms with Gasteiger partial charge in [0.1, 0.15) is 18.0 Å². The van der Waals surface area contributed by atoms with Crippen LogP contribution in [0.4, 0.5) is 4.79 Å². The molecule has 1 fully saturated rings. The number of nitrogens with one attached hydrogen (secondary N) is 1. The summed E-state index contributed by atoms with van der Waals surface area (Å²) in [7, 11) is 0. The van der Waals surface area contributed by atoms with Crippen molar-refractivity contribution in [1.82, 2.24) is 5.32 Å². The van der Waals surface area contributed by atoms with Gasteiger partial charge in [-0.2, -0.15) is 0 Å². The predicted molar refractivity (Wildman–Crippen MR) is 76.8 cm³/mol. The van der Waals surface area contributed by atoms with Gasteiger partial charge in [-0.25, -0.2) is 9.59 Å². The largest absolute Gasteiger partial charge is 0.486 e. The zero-order chi connectivity index (χ0) is 15.9. The number of benzene rings is 1. The SMILES string of the molecule is CC1OC(=O)[C@@H](NC(=O)O)COCCC1Oc1ccccc1. The van der Waals surface area contributed by atoms with Gasteiger partial charge in [-0.3, -0.25) is 0 Å². The standard InChI is InChI=1S/C15H19NO6/c1-10-13(22-11-5-3-2-4-6-11)7-8-20-9-12(14(17)21-10)16-15(18)19/h2-6,10,12-13,16H,7-9H2,1H3,(H,18,19)/t10?,12-,13?/m0/s1. The molecule has 1 amide bonds. The molecule has 1 aromatic carbocycles. The molecule has 7 heteroatoms. The molecule has 2 N–H and O–H groups in total. The smallest absolute Gasteiger partial charge is 0.405 e. The van der Waals surface area contributed by atoms with Crippen molar-refractivity contribution in [3.63, 3.8) is 0 Å². The number of hydrogen-bond donors (Lipinski definition) is 2. The Morgan fingerprint density at radius 2 is 2.09 bits per heavy atom. The van der Waals surface area contributed by atoms with Crippen LogP contribution in [0.5, 0.6) is 5.75 Å². The van der Waals surface area contributed by atoms with Crippen molar-refractivity contribution < 1.29 is 28.9 Å². The van der Waals surface area contributed by atoms with Crippen molar-refractivity contribution in [1.29, 1.82) is 0 Å². The lowest BCUT2D eigenvalue weighted by Crippen LogP contribution is -2.45. The van der Waals surface area contributed by atoms with Crippen LogP contribution in [0.15, 0.2) is 30.3 Å². The minimum atomic E-state index is -1.30. The van der Waals surface area contributed by atoms with Crippen LogP contribution in [0, 0.1) is 0 Å². The summed E-state index contributed by atoms with van der Waals surface area (Å²) < 4.78 is 16.5. The number of carboxylic acid groups (broad SMARTS) is 1. The van der Waals surface area contributed by atoms with Gasteiger partial charge in [0.05, 0.1) is 13.2 Å². The minimum absolute atomic E-state index is 0.0596. The molecule has 0 aromatic heterocycles. The average Bonchev–Trinajstić information content (AvgIpc) is 2.54. The van der Waals surface area contributed by atoms with Gasteiger partial charge in [0.15, 0.2) is 6.04 Å². The van der Waals surface area contributed by atoms with E-state index in [-0.39, 0.29) is 12.7 Å². The Labute approximate surface area is 128 Å². The Hall–Kier alpha value is -2.28. The summed E-state index contributed by atoms with van der Waals surface area (Å²) in [5.41, 5.74) is 0. The number of amides is 1. The third-order valence-corrected chi connectivity index (χ3v) is 3.27. The first-order chi connectivity index (χ1) is 10.6. The summed E-state index contributed by atoms with van der Waals surface area (Å²) >= 11 is 0. The molecule has 1 aliphatic rings. The third-order valence-electron chi connectivity index (χ3n) is 3.27. The number of carbonyl (C=O) groups is 2. The summed E-state index contributed by atoms with van der Waals surface area (Å²) in [6, 6.07) is 8.18. The lowest BCUT2D eigenvalue weighted by molar-refractivity contribution is -0.155. The van der Waals surface area contributed by atoms with Crippen molar-refractivity contribution in [3.05, 3.63) is 30.3 Å². The van der Waals surface area contributed by atoms with Crippen LogP contribution >= 0.6 is 0 Å². The number of cyclic esters (lactones) is 1. The van der Waals surface area contributed by atoms with Crippen molar-refractivity contribution in [2.24, 2.45) is 0 Å². The first kappa shape index (κ1) is 16.1. The molecule has 3 atom stereocenters. The first-order valence-corrected chi connectivity index (χ1v) is 7.05. The Morgan fingerprint density at radius 3 is 2.77 bits per heavy atom. The number of hydrogen-bond acceptors (Lipinski definition) is 5. The van der Waals surface area contributed by atoms with Crippen LogP contribution in [-0.4, -0.2) is 48.6 Å². The van der Waals surface area contributed by atoms with E-state index in [1.165, 1.54) is 0 Å². The van der Waals surface area contributed by atoms with Gasteiger partial charge in [0, 0.05) is 6.42 Å². The van der Waals surface area contributed by atoms with E-state index >= 15 is 0 Å². The highest BCUT2D eigenvalue weighted by Crippen LogP contribution is 2.18. The van der Waals surface area contributed by atoms with E-state index in [0.29, 0.717) is 18.8 Å². The topological polar surface area (TPSA) is 94.1 Å². The fourth-order valence-electron chi connectivity index (χ4n) is 2.12. The monoisotopic (exact) mass is 309 g/mol. The molecule has 1 aromatic rings. The molecule has 120 valence electrons. The maximum Gasteiger partial charge on any atom is 0.405 e. The number of ether oxygens (including phenoxy) is 3. The Bertz CT molecular complexity index is 506. The normalized spacial score (nSPS) is 26.0. The summed E-state index contributed by atoms with van der Waals surface area (Å²) in [6.45, 7) is 2.00. The van der Waals surface area contributed by atoms with E-state index in [9.17, 15) is 9.59 Å². The van der Waals surface area contributed by atoms with E-state index < -0.39 is 24.2 Å². The molecule has 1 heterocycles. The summed E-state index contributed by atoms with van der Waals surface area (Å²) in [4.78, 5) is 22.7. The third kappa shape index (κ3) is 4.63. The second-order valence-electron chi connectivity index (χ2n) is 4.98. The van der Waals surface area contributed by atoms with Gasteiger partial charge < -0.3 is 24.6 Å². The van der Waals surface area contributed by atoms with E-state index in [1.807, 2.05) is 30.3 Å². The van der Waals surface area contributed by atoms with Crippen LogP contribution in [0.25, 0.3) is 0 Å². The Kier molecular flexibility index (Phi) is 5.60. The fraction of sp³-hybridized carbons (Fsp3) is 0.467. The molecule has 7 nitrogen and oxygen atoms in total. The molecule has 0 bridgehead atoms. The highest BCUT2D eigenvalue weighted by molar-refractivity contribution is 5.81. The quantitative estimate of drug-likeness (QED) is 0.820. The van der Waals surface area contributed by atoms with Crippen LogP contribution in [0.1, 0.15) is 13.3 Å². The minimum Gasteiger partial charge on any atom is -0.486 e. The van der Waals surface area contributed by atoms with Crippen LogP contribution in [0.3, 0.4) is 0 Å². The van der Waals surface area contributed by atoms with Crippen molar-refractivity contribution in [2.75, 3.05) is 13.2 Å². The zero-order valence-electron chi connectivity index (χ0n) is 12.2. The molecule has 22 heavy (non-hydrogen) atoms. The molecule has 2 unspecified atom stereocenters. The van der Waals surface area contributed by atoms with Crippen molar-refractivity contribution in [3.8, 4) is 5.75 Å². The molecule has 1 saturated heterocycles. The van der Waals surface area contributed by atoms with Gasteiger partial charge in [-0.05, 0) is 19.1 Å². The Balaban J connectivity index is 2.02. The van der Waals surface area contributed by atoms with Crippen LogP contribution in [0.2, 0.25) is 0 Å². The van der Waals surface area contributed by atoms with Gasteiger partial charge in [0.25, 0.3) is 0 Å². The maximum atomic E-state index is 12.0. The lowest BCUT2D eigenvalue weighted by Gasteiger charge is -2.24. The molecule has 0 spiro atoms. The first-order valence-electron chi connectivity index (χ1n) is 7.05. The number of para-hydroxylation sites is 1. The van der Waals surface area contributed by atoms with E-state index in [4.69, 9.17) is 19.3 Å². The van der Waals surface area contributed by atoms with E-state index in [1.54, 1.807) is 6.92 Å². The highest BCUT2D eigenvalue weighted by atomic mass is 16.6. The molecule has 0 radical (unpaired) electrons. The highest BCUT2D eigenvalue weighted by Gasteiger charge is 2.30. The van der Waals surface area contributed by atoms with Crippen molar-refractivity contribution >= 4 is 12.1 Å². The molecule has 0 aliphatic carbocycles. The Morgan fingerprint density at radius 1 is 1.36 bits per heavy atom. The van der Waals surface area contributed by atoms with Gasteiger partial charge >= 0.3 is 12.1 Å². The summed E-state index contributed by atoms with van der Waals surface area (Å²) in [6.07, 6.45) is -1.65. The van der Waals surface area contributed by atoms with E-state index in [0.717, 1.165) is 0 Å². The number of carbonyl (C=O) groups excluding carboxylic acids is 1. The number of esters is 1. The second-order valence-corrected chi connectivity index (χ2v) is 4.98. The average molecular weight is 309 g/mol. The zero-order valence-corrected chi connectivity index (χ0v) is 12.2. The number of rotatable bonds is 3. The van der Waals surface area contributed by atoms with Gasteiger partial charge in [0.2, 0.25) is 0 Å². The summed E-state index contributed by atoms with van der Waals surface area (Å²) in [5, 5.41) is 10.8. The summed E-state index contributed by atoms with van der Waals surface area (Å²) in [5.74, 6) is 0.00770.